The number of morpholine rings is 1. The molecule has 1 saturated heterocycles. The first-order valence-corrected chi connectivity index (χ1v) is 8.09. The topological polar surface area (TPSA) is 69.3 Å². The first kappa shape index (κ1) is 19.1. The van der Waals surface area contributed by atoms with Crippen LogP contribution in [0.1, 0.15) is 25.0 Å². The fraction of sp³-hybridized carbons (Fsp3) is 0.588. The molecule has 24 heavy (non-hydrogen) atoms. The van der Waals surface area contributed by atoms with Gasteiger partial charge in [0.05, 0.1) is 26.4 Å². The summed E-state index contributed by atoms with van der Waals surface area (Å²) in [5, 5.41) is 0. The average molecular weight is 447 g/mol. The molecule has 1 fully saturated rings. The summed E-state index contributed by atoms with van der Waals surface area (Å²) in [5.41, 5.74) is 8.32. The van der Waals surface area contributed by atoms with Crippen LogP contribution in [0.15, 0.2) is 17.1 Å². The molecule has 7 heteroatoms. The maximum absolute atomic E-state index is 6.13. The molecule has 2 heterocycles. The minimum absolute atomic E-state index is 0. The van der Waals surface area contributed by atoms with Gasteiger partial charge in [0.15, 0.2) is 5.96 Å². The molecule has 0 saturated carbocycles. The van der Waals surface area contributed by atoms with Crippen molar-refractivity contribution < 1.29 is 14.2 Å². The highest BCUT2D eigenvalue weighted by Gasteiger charge is 2.22. The van der Waals surface area contributed by atoms with Gasteiger partial charge in [0, 0.05) is 30.6 Å². The Morgan fingerprint density at radius 2 is 2.17 bits per heavy atom. The maximum Gasteiger partial charge on any atom is 0.191 e. The SMILES string of the molecule is COc1cc2c(cc1CN=C(N)N1CCOC(C)C1)OC(C)C2.I. The zero-order valence-corrected chi connectivity index (χ0v) is 16.8. The van der Waals surface area contributed by atoms with Crippen LogP contribution in [0.5, 0.6) is 11.5 Å². The van der Waals surface area contributed by atoms with Gasteiger partial charge in [-0.2, -0.15) is 0 Å². The second-order valence-electron chi connectivity index (χ2n) is 6.21. The van der Waals surface area contributed by atoms with Crippen LogP contribution in [0.25, 0.3) is 0 Å². The number of ether oxygens (including phenoxy) is 3. The van der Waals surface area contributed by atoms with Crippen LogP contribution in [-0.4, -0.2) is 49.9 Å². The van der Waals surface area contributed by atoms with Crippen LogP contribution in [0.4, 0.5) is 0 Å². The highest BCUT2D eigenvalue weighted by atomic mass is 127. The van der Waals surface area contributed by atoms with Crippen LogP contribution < -0.4 is 15.2 Å². The third-order valence-electron chi connectivity index (χ3n) is 4.28. The first-order valence-electron chi connectivity index (χ1n) is 8.09. The van der Waals surface area contributed by atoms with Crippen molar-refractivity contribution in [1.82, 2.24) is 4.90 Å². The van der Waals surface area contributed by atoms with E-state index in [0.717, 1.165) is 36.6 Å². The molecular weight excluding hydrogens is 421 g/mol. The Hall–Kier alpha value is -1.22. The van der Waals surface area contributed by atoms with Gasteiger partial charge in [-0.15, -0.1) is 24.0 Å². The van der Waals surface area contributed by atoms with E-state index in [-0.39, 0.29) is 36.2 Å². The van der Waals surface area contributed by atoms with E-state index >= 15 is 0 Å². The standard InChI is InChI=1S/C17H25N3O3.HI/c1-11-6-13-7-15(21-3)14(8-16(13)23-11)9-19-17(18)20-4-5-22-12(2)10-20;/h7-8,11-12H,4-6,9-10H2,1-3H3,(H2,18,19);1H. The average Bonchev–Trinajstić information content (AvgIpc) is 2.90. The van der Waals surface area contributed by atoms with Crippen LogP contribution in [0.2, 0.25) is 0 Å². The van der Waals surface area contributed by atoms with Crippen LogP contribution in [-0.2, 0) is 17.7 Å². The highest BCUT2D eigenvalue weighted by molar-refractivity contribution is 14.0. The normalized spacial score (nSPS) is 23.3. The number of fused-ring (bicyclic) bond motifs is 1. The van der Waals surface area contributed by atoms with E-state index in [1.165, 1.54) is 5.56 Å². The van der Waals surface area contributed by atoms with E-state index in [2.05, 4.69) is 22.9 Å². The number of nitrogens with two attached hydrogens (primary N) is 1. The van der Waals surface area contributed by atoms with Gasteiger partial charge in [0.1, 0.15) is 17.6 Å². The number of hydrogen-bond acceptors (Lipinski definition) is 4. The molecule has 134 valence electrons. The van der Waals surface area contributed by atoms with Crippen molar-refractivity contribution in [2.45, 2.75) is 39.0 Å². The van der Waals surface area contributed by atoms with Crippen molar-refractivity contribution in [3.05, 3.63) is 23.3 Å². The molecule has 1 aromatic carbocycles. The number of methoxy groups -OCH3 is 1. The van der Waals surface area contributed by atoms with Gasteiger partial charge in [-0.25, -0.2) is 4.99 Å². The molecule has 0 radical (unpaired) electrons. The van der Waals surface area contributed by atoms with Crippen LogP contribution in [0, 0.1) is 0 Å². The summed E-state index contributed by atoms with van der Waals surface area (Å²) in [6.45, 7) is 6.83. The Morgan fingerprint density at radius 3 is 2.88 bits per heavy atom. The van der Waals surface area contributed by atoms with E-state index < -0.39 is 0 Å². The molecule has 1 aromatic rings. The van der Waals surface area contributed by atoms with E-state index in [9.17, 15) is 0 Å². The Balaban J connectivity index is 0.00000208. The van der Waals surface area contributed by atoms with Gasteiger partial charge >= 0.3 is 0 Å². The number of benzene rings is 1. The number of nitrogens with zero attached hydrogens (tertiary/aromatic N) is 2. The molecule has 3 rings (SSSR count). The van der Waals surface area contributed by atoms with Gasteiger partial charge in [0.2, 0.25) is 0 Å². The van der Waals surface area contributed by atoms with E-state index in [4.69, 9.17) is 19.9 Å². The monoisotopic (exact) mass is 447 g/mol. The van der Waals surface area contributed by atoms with E-state index in [1.807, 2.05) is 13.0 Å². The molecule has 0 amide bonds. The summed E-state index contributed by atoms with van der Waals surface area (Å²) < 4.78 is 16.9. The molecule has 2 aliphatic heterocycles. The Morgan fingerprint density at radius 1 is 1.38 bits per heavy atom. The summed E-state index contributed by atoms with van der Waals surface area (Å²) in [6.07, 6.45) is 1.32. The van der Waals surface area contributed by atoms with Crippen molar-refractivity contribution in [3.63, 3.8) is 0 Å². The lowest BCUT2D eigenvalue weighted by Crippen LogP contribution is -2.47. The van der Waals surface area contributed by atoms with Gasteiger partial charge in [-0.3, -0.25) is 0 Å². The molecule has 0 spiro atoms. The molecule has 0 aliphatic carbocycles. The van der Waals surface area contributed by atoms with Crippen molar-refractivity contribution in [2.24, 2.45) is 10.7 Å². The summed E-state index contributed by atoms with van der Waals surface area (Å²) in [5.74, 6) is 2.33. The lowest BCUT2D eigenvalue weighted by Gasteiger charge is -2.31. The second-order valence-corrected chi connectivity index (χ2v) is 6.21. The number of halogens is 1. The molecule has 2 unspecified atom stereocenters. The lowest BCUT2D eigenvalue weighted by atomic mass is 10.1. The zero-order valence-electron chi connectivity index (χ0n) is 14.4. The zero-order chi connectivity index (χ0) is 16.4. The predicted octanol–water partition coefficient (Wildman–Crippen LogP) is 2.17. The lowest BCUT2D eigenvalue weighted by molar-refractivity contribution is 0.00528. The molecule has 2 N–H and O–H groups in total. The number of rotatable bonds is 3. The van der Waals surface area contributed by atoms with Crippen molar-refractivity contribution >= 4 is 29.9 Å². The summed E-state index contributed by atoms with van der Waals surface area (Å²) in [6, 6.07) is 4.08. The van der Waals surface area contributed by atoms with Gasteiger partial charge < -0.3 is 24.8 Å². The minimum Gasteiger partial charge on any atom is -0.496 e. The Kier molecular flexibility index (Phi) is 6.56. The molecule has 0 bridgehead atoms. The van der Waals surface area contributed by atoms with Crippen molar-refractivity contribution in [2.75, 3.05) is 26.8 Å². The number of aliphatic imine (C=N–C) groups is 1. The third-order valence-corrected chi connectivity index (χ3v) is 4.28. The number of guanidine groups is 1. The smallest absolute Gasteiger partial charge is 0.191 e. The van der Waals surface area contributed by atoms with Crippen molar-refractivity contribution in [3.8, 4) is 11.5 Å². The predicted molar refractivity (Wildman–Crippen MR) is 105 cm³/mol. The highest BCUT2D eigenvalue weighted by Crippen LogP contribution is 2.35. The second kappa shape index (κ2) is 8.24. The van der Waals surface area contributed by atoms with Gasteiger partial charge in [-0.05, 0) is 26.0 Å². The third kappa shape index (κ3) is 4.24. The molecular formula is C17H26IN3O3. The van der Waals surface area contributed by atoms with Crippen molar-refractivity contribution in [1.29, 1.82) is 0 Å². The van der Waals surface area contributed by atoms with Crippen LogP contribution in [0.3, 0.4) is 0 Å². The van der Waals surface area contributed by atoms with Gasteiger partial charge in [-0.1, -0.05) is 0 Å². The molecule has 6 nitrogen and oxygen atoms in total. The largest absolute Gasteiger partial charge is 0.496 e. The summed E-state index contributed by atoms with van der Waals surface area (Å²) in [4.78, 5) is 6.60. The van der Waals surface area contributed by atoms with E-state index in [1.54, 1.807) is 7.11 Å². The molecule has 0 aromatic heterocycles. The summed E-state index contributed by atoms with van der Waals surface area (Å²) >= 11 is 0. The summed E-state index contributed by atoms with van der Waals surface area (Å²) in [7, 11) is 1.68. The fourth-order valence-corrected chi connectivity index (χ4v) is 3.09. The Bertz CT molecular complexity index is 609. The Labute approximate surface area is 160 Å². The minimum atomic E-state index is 0. The number of hydrogen-bond donors (Lipinski definition) is 1. The van der Waals surface area contributed by atoms with Gasteiger partial charge in [0.25, 0.3) is 0 Å². The first-order chi connectivity index (χ1) is 11.1. The maximum atomic E-state index is 6.13. The molecule has 2 atom stereocenters. The van der Waals surface area contributed by atoms with E-state index in [0.29, 0.717) is 19.1 Å². The van der Waals surface area contributed by atoms with Crippen LogP contribution >= 0.6 is 24.0 Å². The molecule has 2 aliphatic rings. The quantitative estimate of drug-likeness (QED) is 0.437. The fourth-order valence-electron chi connectivity index (χ4n) is 3.09.